The maximum Gasteiger partial charge on any atom is 0.269 e. The lowest BCUT2D eigenvalue weighted by atomic mass is 9.59. The van der Waals surface area contributed by atoms with E-state index in [2.05, 4.69) is 6.58 Å². The number of anilines is 1. The molecule has 4 atom stereocenters. The van der Waals surface area contributed by atoms with Crippen LogP contribution in [0.2, 0.25) is 0 Å². The second-order valence-corrected chi connectivity index (χ2v) is 10.9. The molecule has 4 aliphatic rings. The molecule has 6 rings (SSSR count). The summed E-state index contributed by atoms with van der Waals surface area (Å²) < 4.78 is 0. The van der Waals surface area contributed by atoms with Crippen LogP contribution in [0.4, 0.5) is 11.4 Å². The van der Waals surface area contributed by atoms with Gasteiger partial charge in [0.1, 0.15) is 5.75 Å². The first-order chi connectivity index (χ1) is 19.6. The number of carbonyl (C=O) groups excluding carboxylic acids is 4. The molecule has 0 saturated carbocycles. The summed E-state index contributed by atoms with van der Waals surface area (Å²) >= 11 is 0. The molecule has 41 heavy (non-hydrogen) atoms. The van der Waals surface area contributed by atoms with Gasteiger partial charge in [-0.05, 0) is 55.9 Å². The molecule has 0 aromatic heterocycles. The number of hydrogen-bond acceptors (Lipinski definition) is 7. The Labute approximate surface area is 235 Å². The van der Waals surface area contributed by atoms with Gasteiger partial charge >= 0.3 is 0 Å². The number of allylic oxidation sites excluding steroid dienone is 7. The molecule has 3 aliphatic carbocycles. The van der Waals surface area contributed by atoms with Crippen molar-refractivity contribution < 1.29 is 29.2 Å². The van der Waals surface area contributed by atoms with E-state index in [1.54, 1.807) is 31.2 Å². The molecule has 2 aromatic carbocycles. The topological polar surface area (TPSA) is 135 Å². The number of nitrogens with zero attached hydrogens (tertiary/aromatic N) is 2. The Hall–Kier alpha value is -4.92. The lowest BCUT2D eigenvalue weighted by Crippen LogP contribution is -2.39. The second-order valence-electron chi connectivity index (χ2n) is 10.9. The Balaban J connectivity index is 1.47. The number of aromatic hydroxyl groups is 1. The molecule has 0 unspecified atom stereocenters. The first kappa shape index (κ1) is 26.3. The molecule has 1 fully saturated rings. The predicted octanol–water partition coefficient (Wildman–Crippen LogP) is 4.66. The van der Waals surface area contributed by atoms with Crippen LogP contribution in [0.25, 0.3) is 0 Å². The van der Waals surface area contributed by atoms with E-state index >= 15 is 0 Å². The number of carbonyl (C=O) groups is 4. The van der Waals surface area contributed by atoms with Crippen LogP contribution < -0.4 is 4.90 Å². The molecule has 2 aromatic rings. The first-order valence-electron chi connectivity index (χ1n) is 13.4. The number of nitro groups is 1. The molecule has 0 spiro atoms. The van der Waals surface area contributed by atoms with Crippen molar-refractivity contribution in [2.45, 2.75) is 32.1 Å². The van der Waals surface area contributed by atoms with Gasteiger partial charge < -0.3 is 5.11 Å². The van der Waals surface area contributed by atoms with Crippen molar-refractivity contribution in [1.29, 1.82) is 0 Å². The van der Waals surface area contributed by atoms with Gasteiger partial charge in [-0.1, -0.05) is 35.9 Å². The van der Waals surface area contributed by atoms with E-state index in [1.165, 1.54) is 30.3 Å². The van der Waals surface area contributed by atoms with Crippen molar-refractivity contribution in [3.8, 4) is 5.75 Å². The summed E-state index contributed by atoms with van der Waals surface area (Å²) in [7, 11) is 0. The number of hydrogen-bond donors (Lipinski definition) is 1. The van der Waals surface area contributed by atoms with Crippen LogP contribution >= 0.6 is 0 Å². The number of nitro benzene ring substituents is 1. The van der Waals surface area contributed by atoms with E-state index in [4.69, 9.17) is 0 Å². The molecule has 1 saturated heterocycles. The minimum Gasteiger partial charge on any atom is -0.507 e. The fraction of sp³-hybridized carbons (Fsp3) is 0.250. The van der Waals surface area contributed by atoms with Crippen LogP contribution in [-0.2, 0) is 25.6 Å². The van der Waals surface area contributed by atoms with E-state index in [0.717, 1.165) is 10.5 Å². The Bertz CT molecular complexity index is 1680. The molecule has 2 amide bonds. The summed E-state index contributed by atoms with van der Waals surface area (Å²) in [6.45, 7) is 5.35. The normalized spacial score (nSPS) is 25.3. The van der Waals surface area contributed by atoms with Crippen LogP contribution in [0.1, 0.15) is 36.8 Å². The van der Waals surface area contributed by atoms with Crippen LogP contribution in [0, 0.1) is 27.9 Å². The second kappa shape index (κ2) is 9.62. The zero-order valence-electron chi connectivity index (χ0n) is 22.2. The number of non-ortho nitro benzene ring substituents is 1. The number of ketones is 2. The summed E-state index contributed by atoms with van der Waals surface area (Å²) in [4.78, 5) is 66.0. The first-order valence-corrected chi connectivity index (χ1v) is 13.4. The molecule has 1 heterocycles. The molecular formula is C32H26N2O7. The summed E-state index contributed by atoms with van der Waals surface area (Å²) in [5.41, 5.74) is 2.82. The lowest BCUT2D eigenvalue weighted by Gasteiger charge is -2.42. The molecule has 1 aliphatic heterocycles. The standard InChI is InChI=1S/C32H26N2O7/c1-3-5-17-6-4-7-21(30(17)37)26-20-12-13-22-27(23(20)15-24-25(35)14-16(2)29(36)28(24)26)32(39)33(31(22)38)18-8-10-19(11-9-18)34(40)41/h3-4,6-12,14,22-23,26-27,37H,1,5,13,15H2,2H3/t22-,23+,26+,27-/m0/s1. The van der Waals surface area contributed by atoms with E-state index in [1.807, 2.05) is 6.08 Å². The zero-order valence-corrected chi connectivity index (χ0v) is 22.2. The molecule has 206 valence electrons. The minimum atomic E-state index is -0.789. The van der Waals surface area contributed by atoms with Gasteiger partial charge in [0.25, 0.3) is 5.69 Å². The molecule has 9 heteroatoms. The number of rotatable bonds is 5. The molecular weight excluding hydrogens is 524 g/mol. The van der Waals surface area contributed by atoms with E-state index in [9.17, 15) is 34.4 Å². The van der Waals surface area contributed by atoms with Gasteiger partial charge in [-0.3, -0.25) is 34.2 Å². The van der Waals surface area contributed by atoms with Gasteiger partial charge in [0, 0.05) is 40.3 Å². The monoisotopic (exact) mass is 550 g/mol. The van der Waals surface area contributed by atoms with Crippen molar-refractivity contribution in [2.24, 2.45) is 17.8 Å². The highest BCUT2D eigenvalue weighted by atomic mass is 16.6. The predicted molar refractivity (Wildman–Crippen MR) is 149 cm³/mol. The lowest BCUT2D eigenvalue weighted by molar-refractivity contribution is -0.384. The maximum absolute atomic E-state index is 13.9. The van der Waals surface area contributed by atoms with E-state index in [0.29, 0.717) is 34.3 Å². The number of imide groups is 1. The van der Waals surface area contributed by atoms with Gasteiger partial charge in [-0.2, -0.15) is 0 Å². The highest BCUT2D eigenvalue weighted by Gasteiger charge is 2.56. The fourth-order valence-electron chi connectivity index (χ4n) is 6.86. The Kier molecular flexibility index (Phi) is 6.17. The number of Topliss-reactive ketones (excluding diaryl/α,β-unsaturated/α-hetero) is 1. The van der Waals surface area contributed by atoms with Crippen LogP contribution in [0.3, 0.4) is 0 Å². The van der Waals surface area contributed by atoms with Gasteiger partial charge in [0.05, 0.1) is 22.4 Å². The Morgan fingerprint density at radius 3 is 2.49 bits per heavy atom. The molecule has 9 nitrogen and oxygen atoms in total. The number of para-hydroxylation sites is 1. The number of benzene rings is 2. The van der Waals surface area contributed by atoms with E-state index in [-0.39, 0.29) is 41.5 Å². The third kappa shape index (κ3) is 3.91. The molecule has 0 radical (unpaired) electrons. The SMILES string of the molecule is C=CCc1cccc([C@H]2C3=CC[C@@H]4C(=O)N(c5ccc([N+](=O)[O-])cc5)C(=O)[C@@H]4[C@@H]3CC3=C2C(=O)C(C)=CC3=O)c1O. The highest BCUT2D eigenvalue weighted by molar-refractivity contribution is 6.25. The van der Waals surface area contributed by atoms with Crippen molar-refractivity contribution in [2.75, 3.05) is 4.90 Å². The van der Waals surface area contributed by atoms with E-state index < -0.39 is 40.4 Å². The average Bonchev–Trinajstić information content (AvgIpc) is 3.21. The highest BCUT2D eigenvalue weighted by Crippen LogP contribution is 2.56. The largest absolute Gasteiger partial charge is 0.507 e. The molecule has 1 N–H and O–H groups in total. The van der Waals surface area contributed by atoms with Crippen LogP contribution in [0.5, 0.6) is 5.75 Å². The number of phenols is 1. The smallest absolute Gasteiger partial charge is 0.269 e. The van der Waals surface area contributed by atoms with Crippen LogP contribution in [-0.4, -0.2) is 33.4 Å². The maximum atomic E-state index is 13.9. The van der Waals surface area contributed by atoms with Gasteiger partial charge in [0.2, 0.25) is 11.8 Å². The average molecular weight is 551 g/mol. The van der Waals surface area contributed by atoms with Crippen molar-refractivity contribution in [3.63, 3.8) is 0 Å². The Morgan fingerprint density at radius 2 is 1.80 bits per heavy atom. The van der Waals surface area contributed by atoms with Crippen molar-refractivity contribution in [3.05, 3.63) is 111 Å². The Morgan fingerprint density at radius 1 is 1.07 bits per heavy atom. The summed E-state index contributed by atoms with van der Waals surface area (Å²) in [6.07, 6.45) is 5.62. The zero-order chi connectivity index (χ0) is 29.2. The summed E-state index contributed by atoms with van der Waals surface area (Å²) in [5, 5.41) is 22.4. The van der Waals surface area contributed by atoms with Gasteiger partial charge in [-0.15, -0.1) is 6.58 Å². The summed E-state index contributed by atoms with van der Waals surface area (Å²) in [6, 6.07) is 10.5. The van der Waals surface area contributed by atoms with Crippen LogP contribution in [0.15, 0.2) is 89.6 Å². The number of amides is 2. The quantitative estimate of drug-likeness (QED) is 0.188. The third-order valence-corrected chi connectivity index (χ3v) is 8.71. The van der Waals surface area contributed by atoms with Gasteiger partial charge in [-0.25, -0.2) is 0 Å². The third-order valence-electron chi connectivity index (χ3n) is 8.71. The minimum absolute atomic E-state index is 0.00158. The molecule has 0 bridgehead atoms. The summed E-state index contributed by atoms with van der Waals surface area (Å²) in [5.74, 6) is -4.22. The van der Waals surface area contributed by atoms with Crippen molar-refractivity contribution >= 4 is 34.8 Å². The number of phenolic OH excluding ortho intramolecular Hbond substituents is 1. The fourth-order valence-corrected chi connectivity index (χ4v) is 6.86. The van der Waals surface area contributed by atoms with Gasteiger partial charge in [0.15, 0.2) is 11.6 Å². The number of fused-ring (bicyclic) bond motifs is 3. The van der Waals surface area contributed by atoms with Crippen molar-refractivity contribution in [1.82, 2.24) is 0 Å².